The zero-order valence-corrected chi connectivity index (χ0v) is 41.5. The second-order valence-electron chi connectivity index (χ2n) is 17.5. The van der Waals surface area contributed by atoms with Gasteiger partial charge in [-0.15, -0.1) is 0 Å². The zero-order chi connectivity index (χ0) is 49.1. The Morgan fingerprint density at radius 1 is 0.821 bits per heavy atom. The Kier molecular flexibility index (Phi) is 22.1. The second kappa shape index (κ2) is 26.7. The third-order valence-electron chi connectivity index (χ3n) is 11.4. The molecule has 19 heteroatoms. The average molecular weight is 979 g/mol. The molecule has 1 unspecified atom stereocenters. The minimum absolute atomic E-state index is 0.0198. The first-order valence-corrected chi connectivity index (χ1v) is 25.7. The highest BCUT2D eigenvalue weighted by Gasteiger charge is 2.43. The summed E-state index contributed by atoms with van der Waals surface area (Å²) < 4.78 is 112. The van der Waals surface area contributed by atoms with Crippen LogP contribution in [0.1, 0.15) is 83.1 Å². The molecule has 3 aliphatic rings. The van der Waals surface area contributed by atoms with Crippen molar-refractivity contribution in [1.82, 2.24) is 4.58 Å². The number of unbranched alkanes of at least 4 members (excludes halogenated alkanes) is 2. The largest absolute Gasteiger partial charge is 0.744 e. The van der Waals surface area contributed by atoms with Gasteiger partial charge in [0.2, 0.25) is 5.36 Å². The lowest BCUT2D eigenvalue weighted by molar-refractivity contribution is -0.137. The highest BCUT2D eigenvalue weighted by atomic mass is 32.2. The molecule has 0 amide bonds. The van der Waals surface area contributed by atoms with Gasteiger partial charge in [0, 0.05) is 55.6 Å². The van der Waals surface area contributed by atoms with E-state index in [0.29, 0.717) is 133 Å². The summed E-state index contributed by atoms with van der Waals surface area (Å²) >= 11 is 0. The highest BCUT2D eigenvalue weighted by Crippen LogP contribution is 2.51. The van der Waals surface area contributed by atoms with Gasteiger partial charge in [0.05, 0.1) is 69.6 Å². The molecule has 1 aliphatic carbocycles. The fourth-order valence-corrected chi connectivity index (χ4v) is 9.00. The van der Waals surface area contributed by atoms with Gasteiger partial charge in [0.1, 0.15) is 34.9 Å². The van der Waals surface area contributed by atoms with Crippen molar-refractivity contribution in [2.75, 3.05) is 111 Å². The summed E-state index contributed by atoms with van der Waals surface area (Å²) in [5.74, 6) is -0.204. The molecular formula is C48H70N2O15S2. The molecule has 0 saturated carbocycles. The summed E-state index contributed by atoms with van der Waals surface area (Å²) in [6, 6.07) is 12.3. The number of rotatable bonds is 31. The van der Waals surface area contributed by atoms with Gasteiger partial charge in [0.15, 0.2) is 13.1 Å². The lowest BCUT2D eigenvalue weighted by atomic mass is 9.77. The number of carboxylic acid groups (broad SMARTS) is 1. The lowest BCUT2D eigenvalue weighted by Crippen LogP contribution is -2.36. The predicted molar refractivity (Wildman–Crippen MR) is 254 cm³/mol. The van der Waals surface area contributed by atoms with Gasteiger partial charge in [-0.1, -0.05) is 33.3 Å². The van der Waals surface area contributed by atoms with E-state index >= 15 is 0 Å². The molecular weight excluding hydrogens is 909 g/mol. The molecule has 374 valence electrons. The van der Waals surface area contributed by atoms with Crippen LogP contribution in [-0.4, -0.2) is 143 Å². The quantitative estimate of drug-likeness (QED) is 0.0448. The number of methoxy groups -OCH3 is 2. The van der Waals surface area contributed by atoms with E-state index in [1.165, 1.54) is 12.1 Å². The van der Waals surface area contributed by atoms with Crippen LogP contribution in [0.15, 0.2) is 69.6 Å². The van der Waals surface area contributed by atoms with Crippen LogP contribution in [0, 0.1) is 0 Å². The van der Waals surface area contributed by atoms with Gasteiger partial charge in [-0.05, 0) is 91.6 Å². The van der Waals surface area contributed by atoms with E-state index in [-0.39, 0.29) is 24.7 Å². The van der Waals surface area contributed by atoms with E-state index in [1.54, 1.807) is 20.3 Å². The van der Waals surface area contributed by atoms with Crippen molar-refractivity contribution in [1.29, 1.82) is 0 Å². The Morgan fingerprint density at radius 2 is 1.43 bits per heavy atom. The highest BCUT2D eigenvalue weighted by molar-refractivity contribution is 7.86. The normalized spacial score (nSPS) is 16.2. The number of fused-ring (bicyclic) bond motifs is 2. The molecule has 0 aromatic heterocycles. The van der Waals surface area contributed by atoms with E-state index < -0.39 is 42.3 Å². The SMILES string of the molecule is COCCOCCOCC[N+](CCOCCOCCOC)=c1ccc2c(C(C)(C)C)cc(/C=C/C=C3/N(CCCCCC(=O)O)c4ccc(S(=O)(=O)[O-])cc4C3(C)CCCS(=O)(=O)O)oc-2c1. The maximum absolute atomic E-state index is 12.3. The molecule has 0 fully saturated rings. The van der Waals surface area contributed by atoms with Crippen molar-refractivity contribution in [3.63, 3.8) is 0 Å². The number of hydrogen-bond donors (Lipinski definition) is 2. The van der Waals surface area contributed by atoms with Gasteiger partial charge in [-0.3, -0.25) is 9.35 Å². The predicted octanol–water partition coefficient (Wildman–Crippen LogP) is 5.71. The molecule has 1 aromatic carbocycles. The first-order chi connectivity index (χ1) is 31.8. The number of benzene rings is 2. The van der Waals surface area contributed by atoms with E-state index in [9.17, 15) is 35.8 Å². The first kappa shape index (κ1) is 55.6. The molecule has 2 heterocycles. The molecule has 1 aromatic rings. The third-order valence-corrected chi connectivity index (χ3v) is 13.1. The molecule has 0 spiro atoms. The molecule has 0 bridgehead atoms. The second-order valence-corrected chi connectivity index (χ2v) is 20.5. The smallest absolute Gasteiger partial charge is 0.303 e. The maximum atomic E-state index is 12.3. The molecule has 0 saturated heterocycles. The molecule has 67 heavy (non-hydrogen) atoms. The van der Waals surface area contributed by atoms with Crippen molar-refractivity contribution in [2.24, 2.45) is 0 Å². The number of carboxylic acids is 1. The third kappa shape index (κ3) is 17.8. The number of nitrogens with zero attached hydrogens (tertiary/aromatic N) is 2. The van der Waals surface area contributed by atoms with Crippen molar-refractivity contribution >= 4 is 38.0 Å². The van der Waals surface area contributed by atoms with Crippen LogP contribution in [-0.2, 0) is 64.3 Å². The van der Waals surface area contributed by atoms with Crippen molar-refractivity contribution in [3.05, 3.63) is 82.6 Å². The van der Waals surface area contributed by atoms with Gasteiger partial charge >= 0.3 is 5.97 Å². The number of aliphatic carboxylic acids is 1. The van der Waals surface area contributed by atoms with Crippen LogP contribution >= 0.6 is 0 Å². The van der Waals surface area contributed by atoms with E-state index in [2.05, 4.69) is 37.5 Å². The summed E-state index contributed by atoms with van der Waals surface area (Å²) in [6.45, 7) is 14.5. The fourth-order valence-electron chi connectivity index (χ4n) is 8.00. The van der Waals surface area contributed by atoms with Crippen molar-refractivity contribution in [2.45, 2.75) is 81.9 Å². The maximum Gasteiger partial charge on any atom is 0.303 e. The first-order valence-electron chi connectivity index (χ1n) is 22.7. The minimum Gasteiger partial charge on any atom is -0.744 e. The van der Waals surface area contributed by atoms with Gasteiger partial charge in [-0.25, -0.2) is 13.0 Å². The number of allylic oxidation sites excluding steroid dienone is 3. The average Bonchev–Trinajstić information content (AvgIpc) is 3.48. The van der Waals surface area contributed by atoms with E-state index in [4.69, 9.17) is 32.8 Å². The Bertz CT molecular complexity index is 2350. The van der Waals surface area contributed by atoms with E-state index in [1.807, 2.05) is 42.2 Å². The molecule has 4 rings (SSSR count). The standard InChI is InChI=1S/C48H70N2O15S2/c1-47(2,3)41-35-38(65-44-34-37(15-17-40(41)44)49(21-23-61-29-31-63-27-25-59-5)22-24-62-30-32-64-28-26-60-6)12-10-13-45-48(4,19-11-33-66(53,54)55)42-36-39(67(56,57)58)16-18-43(42)50(45)20-9-7-8-14-46(51)52/h10,12-13,15-18,34-36H,7-9,11,14,19-33H2,1-6H3,(H2-,51,52,53,54,55,56,57,58). The molecule has 2 aliphatic heterocycles. The van der Waals surface area contributed by atoms with Gasteiger partial charge in [0.25, 0.3) is 10.1 Å². The van der Waals surface area contributed by atoms with Crippen LogP contribution in [0.5, 0.6) is 0 Å². The monoisotopic (exact) mass is 978 g/mol. The molecule has 17 nitrogen and oxygen atoms in total. The zero-order valence-electron chi connectivity index (χ0n) is 39.8. The van der Waals surface area contributed by atoms with Crippen LogP contribution in [0.2, 0.25) is 0 Å². The number of ether oxygens (including phenoxy) is 6. The molecule has 2 N–H and O–H groups in total. The Hall–Kier alpha value is -4.02. The number of hydrogen-bond acceptors (Lipinski definition) is 14. The fraction of sp³-hybridized carbons (Fsp3) is 0.583. The summed E-state index contributed by atoms with van der Waals surface area (Å²) in [7, 11) is -5.90. The van der Waals surface area contributed by atoms with E-state index in [0.717, 1.165) is 16.5 Å². The molecule has 0 radical (unpaired) electrons. The minimum atomic E-state index is -4.84. The summed E-state index contributed by atoms with van der Waals surface area (Å²) in [5.41, 5.74) is 2.57. The van der Waals surface area contributed by atoms with Gasteiger partial charge < -0.3 is 47.4 Å². The summed E-state index contributed by atoms with van der Waals surface area (Å²) in [5, 5.41) is 10.1. The van der Waals surface area contributed by atoms with Crippen LogP contribution < -0.4 is 14.8 Å². The lowest BCUT2D eigenvalue weighted by Gasteiger charge is -2.30. The van der Waals surface area contributed by atoms with Crippen LogP contribution in [0.3, 0.4) is 0 Å². The Balaban J connectivity index is 1.76. The van der Waals surface area contributed by atoms with Crippen LogP contribution in [0.25, 0.3) is 17.4 Å². The summed E-state index contributed by atoms with van der Waals surface area (Å²) in [6.07, 6.45) is 7.43. The van der Waals surface area contributed by atoms with Crippen molar-refractivity contribution in [3.8, 4) is 11.3 Å². The van der Waals surface area contributed by atoms with Crippen LogP contribution in [0.4, 0.5) is 5.69 Å². The van der Waals surface area contributed by atoms with Crippen molar-refractivity contribution < 1.29 is 68.7 Å². The molecule has 1 atom stereocenters. The summed E-state index contributed by atoms with van der Waals surface area (Å²) in [4.78, 5) is 12.8. The number of anilines is 1. The Morgan fingerprint density at radius 3 is 2.00 bits per heavy atom. The number of carbonyl (C=O) groups is 1. The topological polar surface area (TPSA) is 224 Å². The Labute approximate surface area is 396 Å². The van der Waals surface area contributed by atoms with Gasteiger partial charge in [-0.2, -0.15) is 8.42 Å².